The van der Waals surface area contributed by atoms with Crippen LogP contribution < -0.4 is 5.32 Å². The minimum Gasteiger partial charge on any atom is -0.305 e. The highest BCUT2D eigenvalue weighted by Gasteiger charge is 2.43. The van der Waals surface area contributed by atoms with E-state index >= 15 is 0 Å². The van der Waals surface area contributed by atoms with Crippen molar-refractivity contribution in [2.45, 2.75) is 71.5 Å². The molecular formula is C15H27N5. The third-order valence-corrected chi connectivity index (χ3v) is 5.14. The number of rotatable bonds is 4. The number of nitrogens with one attached hydrogen (secondary N) is 1. The zero-order chi connectivity index (χ0) is 14.3. The van der Waals surface area contributed by atoms with Crippen LogP contribution in [0.1, 0.15) is 65.2 Å². The maximum Gasteiger partial charge on any atom is 0.165 e. The Labute approximate surface area is 121 Å². The summed E-state index contributed by atoms with van der Waals surface area (Å²) >= 11 is 0. The van der Waals surface area contributed by atoms with E-state index in [2.05, 4.69) is 53.2 Å². The summed E-state index contributed by atoms with van der Waals surface area (Å²) in [5.41, 5.74) is 0.0897. The molecule has 3 rings (SSSR count). The normalized spacial score (nSPS) is 30.9. The van der Waals surface area contributed by atoms with E-state index in [4.69, 9.17) is 0 Å². The standard InChI is InChI=1S/C15H27N5/c1-10(13-8-11-5-6-12(13)7-11)20-14(17-18-19-20)9-16-15(2,3)4/h10-13,16H,5-9H2,1-4H3. The van der Waals surface area contributed by atoms with Gasteiger partial charge < -0.3 is 5.32 Å². The topological polar surface area (TPSA) is 55.6 Å². The maximum atomic E-state index is 4.26. The lowest BCUT2D eigenvalue weighted by atomic mass is 9.84. The summed E-state index contributed by atoms with van der Waals surface area (Å²) in [4.78, 5) is 0. The van der Waals surface area contributed by atoms with Gasteiger partial charge in [0.1, 0.15) is 0 Å². The highest BCUT2D eigenvalue weighted by atomic mass is 15.6. The smallest absolute Gasteiger partial charge is 0.165 e. The molecule has 112 valence electrons. The Morgan fingerprint density at radius 3 is 2.70 bits per heavy atom. The van der Waals surface area contributed by atoms with Crippen molar-refractivity contribution in [3.05, 3.63) is 5.82 Å². The van der Waals surface area contributed by atoms with Crippen LogP contribution in [-0.4, -0.2) is 25.7 Å². The molecule has 2 bridgehead atoms. The number of hydrogen-bond acceptors (Lipinski definition) is 4. The van der Waals surface area contributed by atoms with Gasteiger partial charge in [-0.1, -0.05) is 6.42 Å². The van der Waals surface area contributed by atoms with Gasteiger partial charge in [0.05, 0.1) is 12.6 Å². The van der Waals surface area contributed by atoms with Crippen LogP contribution in [0, 0.1) is 17.8 Å². The van der Waals surface area contributed by atoms with Gasteiger partial charge in [0.2, 0.25) is 0 Å². The summed E-state index contributed by atoms with van der Waals surface area (Å²) in [6.07, 6.45) is 5.67. The number of hydrogen-bond donors (Lipinski definition) is 1. The molecule has 1 aromatic rings. The summed E-state index contributed by atoms with van der Waals surface area (Å²) < 4.78 is 2.06. The van der Waals surface area contributed by atoms with Crippen molar-refractivity contribution in [3.8, 4) is 0 Å². The van der Waals surface area contributed by atoms with Crippen molar-refractivity contribution in [1.29, 1.82) is 0 Å². The second kappa shape index (κ2) is 5.10. The SMILES string of the molecule is CC(C1CC2CCC1C2)n1nnnc1CNC(C)(C)C. The van der Waals surface area contributed by atoms with Crippen molar-refractivity contribution in [3.63, 3.8) is 0 Å². The molecule has 1 N–H and O–H groups in total. The second-order valence-corrected chi connectivity index (χ2v) is 7.72. The Morgan fingerprint density at radius 1 is 1.30 bits per heavy atom. The van der Waals surface area contributed by atoms with E-state index in [1.165, 1.54) is 25.7 Å². The van der Waals surface area contributed by atoms with Crippen LogP contribution in [0.5, 0.6) is 0 Å². The van der Waals surface area contributed by atoms with Crippen LogP contribution in [0.15, 0.2) is 0 Å². The molecule has 0 aliphatic heterocycles. The minimum atomic E-state index is 0.0897. The predicted octanol–water partition coefficient (Wildman–Crippen LogP) is 2.56. The third kappa shape index (κ3) is 2.73. The van der Waals surface area contributed by atoms with E-state index < -0.39 is 0 Å². The van der Waals surface area contributed by atoms with E-state index in [0.29, 0.717) is 6.04 Å². The van der Waals surface area contributed by atoms with E-state index in [9.17, 15) is 0 Å². The Morgan fingerprint density at radius 2 is 2.10 bits per heavy atom. The molecule has 2 fully saturated rings. The molecule has 20 heavy (non-hydrogen) atoms. The van der Waals surface area contributed by atoms with E-state index in [1.807, 2.05) is 0 Å². The molecular weight excluding hydrogens is 250 g/mol. The molecule has 5 heteroatoms. The number of aromatic nitrogens is 4. The highest BCUT2D eigenvalue weighted by Crippen LogP contribution is 2.51. The Hall–Kier alpha value is -0.970. The van der Waals surface area contributed by atoms with E-state index in [0.717, 1.165) is 30.1 Å². The maximum absolute atomic E-state index is 4.26. The summed E-state index contributed by atoms with van der Waals surface area (Å²) in [5, 5.41) is 15.9. The van der Waals surface area contributed by atoms with Gasteiger partial charge in [0.15, 0.2) is 5.82 Å². The first-order chi connectivity index (χ1) is 9.44. The molecule has 1 aromatic heterocycles. The summed E-state index contributed by atoms with van der Waals surface area (Å²) in [7, 11) is 0. The van der Waals surface area contributed by atoms with Gasteiger partial charge in [-0.3, -0.25) is 0 Å². The first-order valence-corrected chi connectivity index (χ1v) is 7.96. The van der Waals surface area contributed by atoms with Crippen molar-refractivity contribution in [2.75, 3.05) is 0 Å². The molecule has 2 saturated carbocycles. The summed E-state index contributed by atoms with van der Waals surface area (Å²) in [5.74, 6) is 3.61. The Kier molecular flexibility index (Phi) is 3.56. The van der Waals surface area contributed by atoms with Crippen LogP contribution in [0.25, 0.3) is 0 Å². The van der Waals surface area contributed by atoms with Gasteiger partial charge in [-0.15, -0.1) is 5.10 Å². The Balaban J connectivity index is 1.69. The highest BCUT2D eigenvalue weighted by molar-refractivity contribution is 4.95. The van der Waals surface area contributed by atoms with Crippen LogP contribution in [0.4, 0.5) is 0 Å². The molecule has 0 radical (unpaired) electrons. The largest absolute Gasteiger partial charge is 0.305 e. The first-order valence-electron chi connectivity index (χ1n) is 7.96. The van der Waals surface area contributed by atoms with Crippen molar-refractivity contribution in [2.24, 2.45) is 17.8 Å². The van der Waals surface area contributed by atoms with Crippen LogP contribution >= 0.6 is 0 Å². The van der Waals surface area contributed by atoms with Gasteiger partial charge >= 0.3 is 0 Å². The summed E-state index contributed by atoms with van der Waals surface area (Å²) in [6.45, 7) is 9.53. The molecule has 2 aliphatic carbocycles. The molecule has 4 unspecified atom stereocenters. The lowest BCUT2D eigenvalue weighted by molar-refractivity contribution is 0.222. The van der Waals surface area contributed by atoms with Crippen molar-refractivity contribution in [1.82, 2.24) is 25.5 Å². The zero-order valence-electron chi connectivity index (χ0n) is 13.1. The fourth-order valence-corrected chi connectivity index (χ4v) is 4.06. The fourth-order valence-electron chi connectivity index (χ4n) is 4.06. The predicted molar refractivity (Wildman–Crippen MR) is 78.1 cm³/mol. The lowest BCUT2D eigenvalue weighted by Crippen LogP contribution is -2.36. The number of tetrazole rings is 1. The van der Waals surface area contributed by atoms with Gasteiger partial charge in [-0.2, -0.15) is 0 Å². The zero-order valence-corrected chi connectivity index (χ0v) is 13.1. The van der Waals surface area contributed by atoms with E-state index in [1.54, 1.807) is 0 Å². The van der Waals surface area contributed by atoms with Gasteiger partial charge in [-0.25, -0.2) is 4.68 Å². The number of nitrogens with zero attached hydrogens (tertiary/aromatic N) is 4. The Bertz CT molecular complexity index is 461. The van der Waals surface area contributed by atoms with E-state index in [-0.39, 0.29) is 5.54 Å². The number of fused-ring (bicyclic) bond motifs is 2. The van der Waals surface area contributed by atoms with Crippen molar-refractivity contribution >= 4 is 0 Å². The van der Waals surface area contributed by atoms with Crippen LogP contribution in [-0.2, 0) is 6.54 Å². The third-order valence-electron chi connectivity index (χ3n) is 5.14. The molecule has 0 amide bonds. The van der Waals surface area contributed by atoms with Gasteiger partial charge in [0.25, 0.3) is 0 Å². The van der Waals surface area contributed by atoms with Crippen LogP contribution in [0.3, 0.4) is 0 Å². The fraction of sp³-hybridized carbons (Fsp3) is 0.933. The quantitative estimate of drug-likeness (QED) is 0.919. The average molecular weight is 277 g/mol. The summed E-state index contributed by atoms with van der Waals surface area (Å²) in [6, 6.07) is 0.428. The van der Waals surface area contributed by atoms with Gasteiger partial charge in [0, 0.05) is 5.54 Å². The average Bonchev–Trinajstić information content (AvgIpc) is 3.10. The molecule has 0 saturated heterocycles. The molecule has 0 aromatic carbocycles. The molecule has 5 nitrogen and oxygen atoms in total. The minimum absolute atomic E-state index is 0.0897. The molecule has 2 aliphatic rings. The van der Waals surface area contributed by atoms with Crippen molar-refractivity contribution < 1.29 is 0 Å². The first kappa shape index (κ1) is 14.0. The molecule has 1 heterocycles. The molecule has 0 spiro atoms. The second-order valence-electron chi connectivity index (χ2n) is 7.72. The van der Waals surface area contributed by atoms with Gasteiger partial charge in [-0.05, 0) is 75.1 Å². The van der Waals surface area contributed by atoms with Crippen LogP contribution in [0.2, 0.25) is 0 Å². The lowest BCUT2D eigenvalue weighted by Gasteiger charge is -2.28. The monoisotopic (exact) mass is 277 g/mol. The molecule has 4 atom stereocenters.